The van der Waals surface area contributed by atoms with Crippen LogP contribution in [0.5, 0.6) is 0 Å². The third-order valence-corrected chi connectivity index (χ3v) is 1.90. The summed E-state index contributed by atoms with van der Waals surface area (Å²) < 4.78 is 0. The summed E-state index contributed by atoms with van der Waals surface area (Å²) in [7, 11) is 2.62. The molecule has 1 radical (unpaired) electrons. The second-order valence-corrected chi connectivity index (χ2v) is 2.93. The van der Waals surface area contributed by atoms with E-state index >= 15 is 0 Å². The molecule has 0 aromatic heterocycles. The summed E-state index contributed by atoms with van der Waals surface area (Å²) in [6.45, 7) is 2.00. The van der Waals surface area contributed by atoms with Crippen molar-refractivity contribution in [3.8, 4) is 0 Å². The van der Waals surface area contributed by atoms with Crippen LogP contribution in [0.4, 0.5) is 0 Å². The molecule has 3 heteroatoms. The highest BCUT2D eigenvalue weighted by Crippen LogP contribution is 2.15. The van der Waals surface area contributed by atoms with Gasteiger partial charge in [-0.25, -0.2) is 0 Å². The van der Waals surface area contributed by atoms with Gasteiger partial charge in [0.15, 0.2) is 0 Å². The topological polar surface area (TPSA) is 17.1 Å². The van der Waals surface area contributed by atoms with Crippen molar-refractivity contribution < 1.29 is 4.79 Å². The van der Waals surface area contributed by atoms with E-state index in [9.17, 15) is 4.79 Å². The Hall–Kier alpha value is 0.370. The van der Waals surface area contributed by atoms with E-state index in [1.165, 1.54) is 10.8 Å². The van der Waals surface area contributed by atoms with Crippen molar-refractivity contribution in [2.75, 3.05) is 5.75 Å². The zero-order valence-corrected chi connectivity index (χ0v) is 5.06. The van der Waals surface area contributed by atoms with Crippen LogP contribution in [0.3, 0.4) is 0 Å². The molecule has 6 heavy (non-hydrogen) atoms. The highest BCUT2D eigenvalue weighted by Gasteiger charge is 1.77. The lowest BCUT2D eigenvalue weighted by Gasteiger charge is -1.77. The van der Waals surface area contributed by atoms with Crippen LogP contribution < -0.4 is 0 Å². The van der Waals surface area contributed by atoms with Gasteiger partial charge < -0.3 is 0 Å². The maximum absolute atomic E-state index is 9.38. The SMILES string of the molecule is CCSS[C]=O. The van der Waals surface area contributed by atoms with Gasteiger partial charge in [-0.3, -0.25) is 4.79 Å². The van der Waals surface area contributed by atoms with Crippen LogP contribution in [0.2, 0.25) is 0 Å². The Balaban J connectivity index is 2.49. The van der Waals surface area contributed by atoms with Crippen LogP contribution >= 0.6 is 21.6 Å². The zero-order chi connectivity index (χ0) is 4.83. The molecule has 0 N–H and O–H groups in total. The fourth-order valence-electron chi connectivity index (χ4n) is 0.0830. The molecule has 0 unspecified atom stereocenters. The average Bonchev–Trinajstić information content (AvgIpc) is 1.61. The van der Waals surface area contributed by atoms with Crippen LogP contribution in [-0.2, 0) is 4.79 Å². The molecule has 0 saturated heterocycles. The molecule has 0 saturated carbocycles. The minimum Gasteiger partial charge on any atom is -0.276 e. The summed E-state index contributed by atoms with van der Waals surface area (Å²) in [5.74, 6) is 0.972. The van der Waals surface area contributed by atoms with E-state index in [0.717, 1.165) is 16.5 Å². The molecule has 35 valence electrons. The molecule has 0 atom stereocenters. The molecule has 0 rings (SSSR count). The first-order valence-corrected chi connectivity index (χ1v) is 3.89. The third kappa shape index (κ3) is 4.37. The first kappa shape index (κ1) is 6.37. The molecule has 0 aliphatic carbocycles. The third-order valence-electron chi connectivity index (χ3n) is 0.211. The molecule has 0 heterocycles. The molecular weight excluding hydrogens is 116 g/mol. The van der Waals surface area contributed by atoms with E-state index < -0.39 is 0 Å². The molecule has 0 aromatic carbocycles. The van der Waals surface area contributed by atoms with Gasteiger partial charge >= 0.3 is 0 Å². The average molecular weight is 121 g/mol. The highest BCUT2D eigenvalue weighted by atomic mass is 33.1. The van der Waals surface area contributed by atoms with E-state index in [4.69, 9.17) is 0 Å². The van der Waals surface area contributed by atoms with Crippen LogP contribution in [0.25, 0.3) is 0 Å². The van der Waals surface area contributed by atoms with Crippen LogP contribution in [0.15, 0.2) is 0 Å². The van der Waals surface area contributed by atoms with Crippen molar-refractivity contribution in [1.82, 2.24) is 0 Å². The van der Waals surface area contributed by atoms with E-state index in [1.807, 2.05) is 6.92 Å². The highest BCUT2D eigenvalue weighted by molar-refractivity contribution is 8.81. The minimum atomic E-state index is 0.972. The fourth-order valence-corrected chi connectivity index (χ4v) is 0.747. The minimum absolute atomic E-state index is 0.972. The van der Waals surface area contributed by atoms with Crippen molar-refractivity contribution in [2.45, 2.75) is 6.92 Å². The smallest absolute Gasteiger partial charge is 0.276 e. The van der Waals surface area contributed by atoms with E-state index in [-0.39, 0.29) is 0 Å². The van der Waals surface area contributed by atoms with Crippen LogP contribution in [0.1, 0.15) is 6.92 Å². The Labute approximate surface area is 45.3 Å². The normalized spacial score (nSPS) is 8.17. The summed E-state index contributed by atoms with van der Waals surface area (Å²) in [6.07, 6.45) is 0. The summed E-state index contributed by atoms with van der Waals surface area (Å²) in [5, 5.41) is 0. The monoisotopic (exact) mass is 121 g/mol. The summed E-state index contributed by atoms with van der Waals surface area (Å²) >= 11 is 0. The molecule has 0 aromatic rings. The Morgan fingerprint density at radius 2 is 2.50 bits per heavy atom. The number of rotatable bonds is 3. The van der Waals surface area contributed by atoms with Gasteiger partial charge in [-0.15, -0.1) is 0 Å². The summed E-state index contributed by atoms with van der Waals surface area (Å²) in [5.41, 5.74) is 1.70. The van der Waals surface area contributed by atoms with Crippen LogP contribution in [0, 0.1) is 0 Å². The quantitative estimate of drug-likeness (QED) is 0.415. The number of hydrogen-bond acceptors (Lipinski definition) is 3. The lowest BCUT2D eigenvalue weighted by molar-refractivity contribution is 0.570. The largest absolute Gasteiger partial charge is 0.277 e. The van der Waals surface area contributed by atoms with E-state index in [2.05, 4.69) is 0 Å². The second kappa shape index (κ2) is 5.37. The summed E-state index contributed by atoms with van der Waals surface area (Å²) in [6, 6.07) is 0. The summed E-state index contributed by atoms with van der Waals surface area (Å²) in [4.78, 5) is 9.38. The Kier molecular flexibility index (Phi) is 5.70. The number of hydrogen-bond donors (Lipinski definition) is 0. The second-order valence-electron chi connectivity index (χ2n) is 0.573. The van der Waals surface area contributed by atoms with Gasteiger partial charge in [0.2, 0.25) is 0 Å². The van der Waals surface area contributed by atoms with Gasteiger partial charge in [0, 0.05) is 5.75 Å². The first-order chi connectivity index (χ1) is 2.91. The van der Waals surface area contributed by atoms with Gasteiger partial charge in [0.05, 0.1) is 0 Å². The molecule has 1 nitrogen and oxygen atoms in total. The predicted molar refractivity (Wildman–Crippen MR) is 31.4 cm³/mol. The van der Waals surface area contributed by atoms with Gasteiger partial charge in [-0.2, -0.15) is 0 Å². The maximum Gasteiger partial charge on any atom is 0.277 e. The van der Waals surface area contributed by atoms with Crippen LogP contribution in [-0.4, -0.2) is 11.4 Å². The van der Waals surface area contributed by atoms with Crippen molar-refractivity contribution >= 4 is 27.2 Å². The molecule has 0 fully saturated rings. The molecule has 0 aliphatic heterocycles. The van der Waals surface area contributed by atoms with Crippen molar-refractivity contribution in [3.63, 3.8) is 0 Å². The van der Waals surface area contributed by atoms with E-state index in [0.29, 0.717) is 0 Å². The fraction of sp³-hybridized carbons (Fsp3) is 0.667. The molecular formula is C3H5OS2. The molecule has 0 aliphatic rings. The van der Waals surface area contributed by atoms with Crippen molar-refractivity contribution in [2.24, 2.45) is 0 Å². The van der Waals surface area contributed by atoms with E-state index in [1.54, 1.807) is 5.62 Å². The Morgan fingerprint density at radius 3 is 2.67 bits per heavy atom. The van der Waals surface area contributed by atoms with Gasteiger partial charge in [-0.05, 0) is 10.8 Å². The molecule has 0 amide bonds. The predicted octanol–water partition coefficient (Wildman–Crippen LogP) is 1.45. The van der Waals surface area contributed by atoms with Crippen molar-refractivity contribution in [3.05, 3.63) is 0 Å². The number of carbonyl (C=O) groups excluding carboxylic acids is 1. The molecule has 0 bridgehead atoms. The Morgan fingerprint density at radius 1 is 1.83 bits per heavy atom. The van der Waals surface area contributed by atoms with Gasteiger partial charge in [0.1, 0.15) is 0 Å². The lowest BCUT2D eigenvalue weighted by Crippen LogP contribution is -1.55. The lowest BCUT2D eigenvalue weighted by atomic mass is 11.0. The first-order valence-electron chi connectivity index (χ1n) is 1.57. The Bertz CT molecular complexity index is 37.8. The van der Waals surface area contributed by atoms with Gasteiger partial charge in [0.25, 0.3) is 5.62 Å². The van der Waals surface area contributed by atoms with Crippen molar-refractivity contribution in [1.29, 1.82) is 0 Å². The van der Waals surface area contributed by atoms with Gasteiger partial charge in [-0.1, -0.05) is 17.7 Å². The standard InChI is InChI=1S/C3H5OS2/c1-2-5-6-3-4/h2H2,1H3. The molecule has 0 spiro atoms. The maximum atomic E-state index is 9.38. The zero-order valence-electron chi connectivity index (χ0n) is 3.43.